The third-order valence-electron chi connectivity index (χ3n) is 5.91. The number of rotatable bonds is 8. The van der Waals surface area contributed by atoms with Gasteiger partial charge in [-0.15, -0.1) is 0 Å². The number of aromatic nitrogens is 1. The molecule has 3 heteroatoms. The van der Waals surface area contributed by atoms with Crippen molar-refractivity contribution in [1.82, 2.24) is 15.6 Å². The average molecular weight is 374 g/mol. The van der Waals surface area contributed by atoms with Crippen molar-refractivity contribution in [2.75, 3.05) is 6.54 Å². The van der Waals surface area contributed by atoms with Crippen LogP contribution in [-0.2, 0) is 13.0 Å². The molecule has 3 aromatic rings. The Bertz CT molecular complexity index is 930. The molecule has 1 heterocycles. The van der Waals surface area contributed by atoms with E-state index in [1.165, 1.54) is 58.8 Å². The first-order valence-corrected chi connectivity index (χ1v) is 10.5. The van der Waals surface area contributed by atoms with Crippen molar-refractivity contribution in [1.29, 1.82) is 0 Å². The molecule has 3 nitrogen and oxygen atoms in total. The van der Waals surface area contributed by atoms with E-state index in [9.17, 15) is 0 Å². The minimum atomic E-state index is 0.713. The fourth-order valence-corrected chi connectivity index (χ4v) is 4.17. The Kier molecular flexibility index (Phi) is 5.82. The maximum absolute atomic E-state index is 4.22. The Balaban J connectivity index is 1.27. The zero-order valence-electron chi connectivity index (χ0n) is 16.9. The molecule has 0 bridgehead atoms. The Morgan fingerprint density at radius 2 is 1.89 bits per heavy atom. The van der Waals surface area contributed by atoms with Gasteiger partial charge in [0.05, 0.1) is 0 Å². The zero-order valence-corrected chi connectivity index (χ0v) is 16.9. The predicted octanol–water partition coefficient (Wildman–Crippen LogP) is 5.31. The van der Waals surface area contributed by atoms with Crippen molar-refractivity contribution in [2.45, 2.75) is 51.6 Å². The largest absolute Gasteiger partial charge is 0.385 e. The maximum Gasteiger partial charge on any atom is 0.0456 e. The summed E-state index contributed by atoms with van der Waals surface area (Å²) in [4.78, 5) is 3.37. The number of fused-ring (bicyclic) bond motifs is 1. The monoisotopic (exact) mass is 373 g/mol. The number of nitrogens with one attached hydrogen (secondary N) is 3. The zero-order chi connectivity index (χ0) is 19.3. The fourth-order valence-electron chi connectivity index (χ4n) is 4.17. The Labute approximate surface area is 168 Å². The molecule has 1 saturated carbocycles. The van der Waals surface area contributed by atoms with Gasteiger partial charge < -0.3 is 15.6 Å². The van der Waals surface area contributed by atoms with Gasteiger partial charge >= 0.3 is 0 Å². The number of benzene rings is 2. The van der Waals surface area contributed by atoms with Crippen LogP contribution in [-0.4, -0.2) is 17.6 Å². The molecule has 0 radical (unpaired) electrons. The molecule has 2 aromatic carbocycles. The summed E-state index contributed by atoms with van der Waals surface area (Å²) >= 11 is 0. The van der Waals surface area contributed by atoms with Gasteiger partial charge in [0.15, 0.2) is 0 Å². The Hall–Kier alpha value is -2.52. The highest BCUT2D eigenvalue weighted by molar-refractivity contribution is 5.83. The quantitative estimate of drug-likeness (QED) is 0.501. The molecule has 28 heavy (non-hydrogen) atoms. The van der Waals surface area contributed by atoms with Gasteiger partial charge in [-0.05, 0) is 55.0 Å². The second-order valence-electron chi connectivity index (χ2n) is 8.08. The lowest BCUT2D eigenvalue weighted by atomic mass is 10.1. The molecule has 1 aromatic heterocycles. The number of hydrogen-bond acceptors (Lipinski definition) is 2. The number of aryl methyl sites for hydroxylation is 1. The van der Waals surface area contributed by atoms with Crippen LogP contribution in [0.2, 0.25) is 0 Å². The van der Waals surface area contributed by atoms with E-state index in [1.54, 1.807) is 0 Å². The third kappa shape index (κ3) is 4.48. The van der Waals surface area contributed by atoms with Crippen LogP contribution in [0.25, 0.3) is 16.6 Å². The van der Waals surface area contributed by atoms with Gasteiger partial charge in [-0.2, -0.15) is 0 Å². The van der Waals surface area contributed by atoms with Crippen LogP contribution in [0.1, 0.15) is 47.9 Å². The van der Waals surface area contributed by atoms with Crippen LogP contribution < -0.4 is 10.6 Å². The normalized spacial score (nSPS) is 14.6. The number of hydrogen-bond donors (Lipinski definition) is 3. The van der Waals surface area contributed by atoms with Crippen molar-refractivity contribution in [3.63, 3.8) is 0 Å². The van der Waals surface area contributed by atoms with E-state index < -0.39 is 0 Å². The lowest BCUT2D eigenvalue weighted by molar-refractivity contribution is 0.524. The van der Waals surface area contributed by atoms with E-state index in [-0.39, 0.29) is 0 Å². The minimum absolute atomic E-state index is 0.713. The molecule has 0 saturated heterocycles. The van der Waals surface area contributed by atoms with Crippen molar-refractivity contribution in [3.8, 4) is 0 Å². The summed E-state index contributed by atoms with van der Waals surface area (Å²) in [5, 5.41) is 8.49. The Morgan fingerprint density at radius 1 is 1.11 bits per heavy atom. The van der Waals surface area contributed by atoms with Crippen LogP contribution in [0, 0.1) is 6.92 Å². The Morgan fingerprint density at radius 3 is 2.68 bits per heavy atom. The van der Waals surface area contributed by atoms with Gasteiger partial charge in [-0.25, -0.2) is 0 Å². The second-order valence-corrected chi connectivity index (χ2v) is 8.08. The van der Waals surface area contributed by atoms with Crippen molar-refractivity contribution in [3.05, 3.63) is 77.5 Å². The van der Waals surface area contributed by atoms with E-state index in [1.807, 2.05) is 0 Å². The lowest BCUT2D eigenvalue weighted by Crippen LogP contribution is -2.25. The lowest BCUT2D eigenvalue weighted by Gasteiger charge is -2.13. The molecule has 1 aliphatic carbocycles. The van der Waals surface area contributed by atoms with Crippen LogP contribution in [0.3, 0.4) is 0 Å². The van der Waals surface area contributed by atoms with Crippen molar-refractivity contribution < 1.29 is 0 Å². The summed E-state index contributed by atoms with van der Waals surface area (Å²) < 4.78 is 0. The van der Waals surface area contributed by atoms with Gasteiger partial charge in [0, 0.05) is 41.9 Å². The summed E-state index contributed by atoms with van der Waals surface area (Å²) in [5.41, 5.74) is 7.37. The predicted molar refractivity (Wildman–Crippen MR) is 119 cm³/mol. The van der Waals surface area contributed by atoms with E-state index in [0.29, 0.717) is 6.04 Å². The van der Waals surface area contributed by atoms with E-state index in [4.69, 9.17) is 0 Å². The molecule has 146 valence electrons. The first-order valence-electron chi connectivity index (χ1n) is 10.5. The van der Waals surface area contributed by atoms with Crippen molar-refractivity contribution in [2.24, 2.45) is 0 Å². The second kappa shape index (κ2) is 8.66. The highest BCUT2D eigenvalue weighted by Crippen LogP contribution is 2.21. The van der Waals surface area contributed by atoms with Crippen LogP contribution in [0.4, 0.5) is 0 Å². The van der Waals surface area contributed by atoms with E-state index in [0.717, 1.165) is 25.2 Å². The summed E-state index contributed by atoms with van der Waals surface area (Å²) in [6, 6.07) is 16.1. The van der Waals surface area contributed by atoms with Crippen molar-refractivity contribution >= 4 is 16.6 Å². The van der Waals surface area contributed by atoms with Gasteiger partial charge in [-0.3, -0.25) is 0 Å². The molecular weight excluding hydrogens is 342 g/mol. The molecule has 0 amide bonds. The van der Waals surface area contributed by atoms with Crippen LogP contribution in [0.15, 0.2) is 55.2 Å². The van der Waals surface area contributed by atoms with Gasteiger partial charge in [0.1, 0.15) is 0 Å². The molecule has 3 N–H and O–H groups in total. The first-order chi connectivity index (χ1) is 13.7. The highest BCUT2D eigenvalue weighted by Gasteiger charge is 2.13. The van der Waals surface area contributed by atoms with Gasteiger partial charge in [0.25, 0.3) is 0 Å². The first kappa shape index (κ1) is 18.8. The molecule has 0 aliphatic heterocycles. The molecule has 0 unspecified atom stereocenters. The summed E-state index contributed by atoms with van der Waals surface area (Å²) in [6.45, 7) is 8.21. The summed E-state index contributed by atoms with van der Waals surface area (Å²) in [7, 11) is 0. The number of aromatic amines is 1. The van der Waals surface area contributed by atoms with Crippen LogP contribution >= 0.6 is 0 Å². The summed E-state index contributed by atoms with van der Waals surface area (Å²) in [6.07, 6.45) is 8.51. The van der Waals surface area contributed by atoms with E-state index >= 15 is 0 Å². The molecule has 0 atom stereocenters. The number of H-pyrrole nitrogens is 1. The molecule has 1 aliphatic rings. The van der Waals surface area contributed by atoms with Crippen LogP contribution in [0.5, 0.6) is 0 Å². The standard InChI is InChI=1S/C25H31N3/c1-18-7-12-25-24(15-18)22(17-28-25)13-14-26-19(2)21-10-8-20(9-11-21)16-27-23-5-3-4-6-23/h7-12,15,17,23,26-28H,2-6,13-14,16H2,1H3. The molecule has 1 fully saturated rings. The average Bonchev–Trinajstić information content (AvgIpc) is 3.37. The smallest absolute Gasteiger partial charge is 0.0456 e. The third-order valence-corrected chi connectivity index (χ3v) is 5.91. The maximum atomic E-state index is 4.22. The van der Waals surface area contributed by atoms with E-state index in [2.05, 4.69) is 77.8 Å². The topological polar surface area (TPSA) is 39.9 Å². The minimum Gasteiger partial charge on any atom is -0.385 e. The molecule has 4 rings (SSSR count). The summed E-state index contributed by atoms with van der Waals surface area (Å²) in [5.74, 6) is 0. The molecular formula is C25H31N3. The highest BCUT2D eigenvalue weighted by atomic mass is 14.9. The SMILES string of the molecule is C=C(NCCc1c[nH]c2ccc(C)cc12)c1ccc(CNC2CCCC2)cc1. The van der Waals surface area contributed by atoms with Gasteiger partial charge in [-0.1, -0.05) is 55.3 Å². The molecule has 0 spiro atoms. The fraction of sp³-hybridized carbons (Fsp3) is 0.360. The van der Waals surface area contributed by atoms with Gasteiger partial charge in [0.2, 0.25) is 0 Å².